The average Bonchev–Trinajstić information content (AvgIpc) is 2.71. The first kappa shape index (κ1) is 20.6. The third-order valence-electron chi connectivity index (χ3n) is 4.57. The van der Waals surface area contributed by atoms with E-state index in [9.17, 15) is 9.59 Å². The molecule has 1 heterocycles. The van der Waals surface area contributed by atoms with E-state index in [1.165, 1.54) is 10.7 Å². The smallest absolute Gasteiger partial charge is 0.266 e. The maximum absolute atomic E-state index is 12.1. The van der Waals surface area contributed by atoms with Gasteiger partial charge in [-0.15, -0.1) is 0 Å². The van der Waals surface area contributed by atoms with Crippen molar-refractivity contribution in [3.05, 3.63) is 81.1 Å². The van der Waals surface area contributed by atoms with Crippen molar-refractivity contribution < 1.29 is 9.53 Å². The molecule has 0 unspecified atom stereocenters. The van der Waals surface area contributed by atoms with Gasteiger partial charge in [0.15, 0.2) is 6.61 Å². The number of amides is 1. The Hall–Kier alpha value is -3.12. The zero-order chi connectivity index (χ0) is 20.8. The van der Waals surface area contributed by atoms with E-state index in [1.807, 2.05) is 44.2 Å². The Morgan fingerprint density at radius 1 is 1.10 bits per heavy atom. The second-order valence-corrected chi connectivity index (χ2v) is 7.06. The van der Waals surface area contributed by atoms with Crippen LogP contribution in [0.15, 0.2) is 59.4 Å². The van der Waals surface area contributed by atoms with Crippen LogP contribution in [0.5, 0.6) is 5.75 Å². The maximum atomic E-state index is 12.1. The zero-order valence-electron chi connectivity index (χ0n) is 16.3. The number of nitrogens with one attached hydrogen (secondary N) is 1. The van der Waals surface area contributed by atoms with E-state index in [1.54, 1.807) is 18.2 Å². The summed E-state index contributed by atoms with van der Waals surface area (Å²) >= 11 is 5.91. The van der Waals surface area contributed by atoms with Crippen LogP contribution in [0, 0.1) is 13.8 Å². The minimum atomic E-state index is -0.257. The number of nitrogens with zero attached hydrogens (tertiary/aromatic N) is 2. The monoisotopic (exact) mass is 411 g/mol. The van der Waals surface area contributed by atoms with Gasteiger partial charge in [-0.05, 0) is 49.2 Å². The fraction of sp³-hybridized carbons (Fsp3) is 0.227. The molecule has 0 aliphatic carbocycles. The molecule has 1 N–H and O–H groups in total. The van der Waals surface area contributed by atoms with Gasteiger partial charge in [-0.1, -0.05) is 35.9 Å². The van der Waals surface area contributed by atoms with Crippen LogP contribution in [0.4, 0.5) is 0 Å². The van der Waals surface area contributed by atoms with E-state index in [4.69, 9.17) is 16.3 Å². The molecule has 0 aliphatic rings. The molecular weight excluding hydrogens is 390 g/mol. The van der Waals surface area contributed by atoms with E-state index in [0.29, 0.717) is 16.5 Å². The lowest BCUT2D eigenvalue weighted by atomic mass is 10.1. The summed E-state index contributed by atoms with van der Waals surface area (Å²) in [6.45, 7) is 4.39. The van der Waals surface area contributed by atoms with E-state index < -0.39 is 0 Å². The summed E-state index contributed by atoms with van der Waals surface area (Å²) in [5, 5.41) is 7.74. The number of carbonyl (C=O) groups excluding carboxylic acids is 1. The highest BCUT2D eigenvalue weighted by molar-refractivity contribution is 6.30. The summed E-state index contributed by atoms with van der Waals surface area (Å²) in [5.41, 5.74) is 3.40. The lowest BCUT2D eigenvalue weighted by Crippen LogP contribution is -2.34. The molecule has 0 aliphatic heterocycles. The number of halogens is 1. The number of rotatable bonds is 7. The molecule has 0 saturated heterocycles. The predicted octanol–water partition coefficient (Wildman–Crippen LogP) is 3.38. The molecule has 0 bridgehead atoms. The number of ether oxygens (including phenoxy) is 1. The molecule has 0 atom stereocenters. The van der Waals surface area contributed by atoms with Gasteiger partial charge in [-0.25, -0.2) is 4.68 Å². The first-order valence-electron chi connectivity index (χ1n) is 9.24. The molecule has 0 radical (unpaired) electrons. The maximum Gasteiger partial charge on any atom is 0.266 e. The van der Waals surface area contributed by atoms with Crippen LogP contribution in [0.2, 0.25) is 5.02 Å². The summed E-state index contributed by atoms with van der Waals surface area (Å²) < 4.78 is 6.91. The SMILES string of the molecule is Cc1cccc(OCC(=O)NCCn2nc(-c3ccc(Cl)cc3)ccc2=O)c1C. The largest absolute Gasteiger partial charge is 0.483 e. The molecule has 0 fully saturated rings. The van der Waals surface area contributed by atoms with Crippen molar-refractivity contribution in [2.45, 2.75) is 20.4 Å². The fourth-order valence-electron chi connectivity index (χ4n) is 2.76. The summed E-state index contributed by atoms with van der Waals surface area (Å²) in [6, 6.07) is 16.1. The number of aromatic nitrogens is 2. The van der Waals surface area contributed by atoms with Crippen LogP contribution in [-0.2, 0) is 11.3 Å². The van der Waals surface area contributed by atoms with Crippen molar-refractivity contribution in [2.24, 2.45) is 0 Å². The first-order valence-corrected chi connectivity index (χ1v) is 9.61. The van der Waals surface area contributed by atoms with Crippen molar-refractivity contribution in [1.29, 1.82) is 0 Å². The molecule has 2 aromatic carbocycles. The quantitative estimate of drug-likeness (QED) is 0.646. The van der Waals surface area contributed by atoms with Crippen molar-refractivity contribution in [3.63, 3.8) is 0 Å². The molecule has 0 saturated carbocycles. The Labute approximate surface area is 174 Å². The highest BCUT2D eigenvalue weighted by Gasteiger charge is 2.07. The van der Waals surface area contributed by atoms with Gasteiger partial charge in [0.1, 0.15) is 5.75 Å². The minimum Gasteiger partial charge on any atom is -0.483 e. The van der Waals surface area contributed by atoms with Crippen molar-refractivity contribution >= 4 is 17.5 Å². The van der Waals surface area contributed by atoms with Crippen LogP contribution in [0.1, 0.15) is 11.1 Å². The first-order chi connectivity index (χ1) is 13.9. The number of hydrogen-bond acceptors (Lipinski definition) is 4. The summed E-state index contributed by atoms with van der Waals surface area (Å²) in [4.78, 5) is 24.1. The van der Waals surface area contributed by atoms with Crippen molar-refractivity contribution in [1.82, 2.24) is 15.1 Å². The van der Waals surface area contributed by atoms with E-state index in [0.717, 1.165) is 16.7 Å². The van der Waals surface area contributed by atoms with Crippen LogP contribution >= 0.6 is 11.6 Å². The van der Waals surface area contributed by atoms with E-state index in [-0.39, 0.29) is 31.2 Å². The third-order valence-corrected chi connectivity index (χ3v) is 4.82. The zero-order valence-corrected chi connectivity index (χ0v) is 17.1. The van der Waals surface area contributed by atoms with Gasteiger partial charge in [0.2, 0.25) is 0 Å². The summed E-state index contributed by atoms with van der Waals surface area (Å²) in [6.07, 6.45) is 0. The topological polar surface area (TPSA) is 73.2 Å². The number of hydrogen-bond donors (Lipinski definition) is 1. The molecular formula is C22H22ClN3O3. The average molecular weight is 412 g/mol. The van der Waals surface area contributed by atoms with E-state index in [2.05, 4.69) is 10.4 Å². The highest BCUT2D eigenvalue weighted by atomic mass is 35.5. The molecule has 150 valence electrons. The highest BCUT2D eigenvalue weighted by Crippen LogP contribution is 2.20. The molecule has 1 aromatic heterocycles. The number of benzene rings is 2. The van der Waals surface area contributed by atoms with E-state index >= 15 is 0 Å². The lowest BCUT2D eigenvalue weighted by Gasteiger charge is -2.11. The molecule has 0 spiro atoms. The van der Waals surface area contributed by atoms with Gasteiger partial charge in [-0.3, -0.25) is 9.59 Å². The predicted molar refractivity (Wildman–Crippen MR) is 113 cm³/mol. The summed E-state index contributed by atoms with van der Waals surface area (Å²) in [5.74, 6) is 0.432. The molecule has 6 nitrogen and oxygen atoms in total. The van der Waals surface area contributed by atoms with Gasteiger partial charge in [0.05, 0.1) is 12.2 Å². The van der Waals surface area contributed by atoms with Crippen molar-refractivity contribution in [2.75, 3.05) is 13.2 Å². The Kier molecular flexibility index (Phi) is 6.67. The van der Waals surface area contributed by atoms with Gasteiger partial charge < -0.3 is 10.1 Å². The Morgan fingerprint density at radius 2 is 1.86 bits per heavy atom. The van der Waals surface area contributed by atoms with Crippen LogP contribution in [0.3, 0.4) is 0 Å². The molecule has 3 aromatic rings. The molecule has 7 heteroatoms. The van der Waals surface area contributed by atoms with Gasteiger partial charge >= 0.3 is 0 Å². The Balaban J connectivity index is 1.55. The van der Waals surface area contributed by atoms with Gasteiger partial charge in [-0.2, -0.15) is 5.10 Å². The Morgan fingerprint density at radius 3 is 2.62 bits per heavy atom. The van der Waals surface area contributed by atoms with Crippen LogP contribution < -0.4 is 15.6 Å². The number of aryl methyl sites for hydroxylation is 1. The minimum absolute atomic E-state index is 0.0859. The fourth-order valence-corrected chi connectivity index (χ4v) is 2.89. The van der Waals surface area contributed by atoms with Crippen LogP contribution in [0.25, 0.3) is 11.3 Å². The Bertz CT molecular complexity index is 1060. The molecule has 29 heavy (non-hydrogen) atoms. The standard InChI is InChI=1S/C22H22ClN3O3/c1-15-4-3-5-20(16(15)2)29-14-21(27)24-12-13-26-22(28)11-10-19(25-26)17-6-8-18(23)9-7-17/h3-11H,12-14H2,1-2H3,(H,24,27). The lowest BCUT2D eigenvalue weighted by molar-refractivity contribution is -0.123. The second kappa shape index (κ2) is 9.39. The van der Waals surface area contributed by atoms with Gasteiger partial charge in [0, 0.05) is 23.2 Å². The molecule has 3 rings (SSSR count). The van der Waals surface area contributed by atoms with Crippen molar-refractivity contribution in [3.8, 4) is 17.0 Å². The molecule has 1 amide bonds. The summed E-state index contributed by atoms with van der Waals surface area (Å²) in [7, 11) is 0. The third kappa shape index (κ3) is 5.45. The van der Waals surface area contributed by atoms with Gasteiger partial charge in [0.25, 0.3) is 11.5 Å². The van der Waals surface area contributed by atoms with Crippen LogP contribution in [-0.4, -0.2) is 28.8 Å². The normalized spacial score (nSPS) is 10.6. The second-order valence-electron chi connectivity index (χ2n) is 6.62. The number of carbonyl (C=O) groups is 1.